The highest BCUT2D eigenvalue weighted by atomic mass is 16.5. The van der Waals surface area contributed by atoms with Crippen LogP contribution in [0.3, 0.4) is 0 Å². The van der Waals surface area contributed by atoms with Gasteiger partial charge in [-0.05, 0) is 43.0 Å². The molecule has 1 aromatic carbocycles. The van der Waals surface area contributed by atoms with Gasteiger partial charge < -0.3 is 15.4 Å². The van der Waals surface area contributed by atoms with Crippen LogP contribution in [0.15, 0.2) is 18.2 Å². The fraction of sp³-hybridized carbons (Fsp3) is 0.600. The number of benzene rings is 1. The summed E-state index contributed by atoms with van der Waals surface area (Å²) >= 11 is 0. The zero-order valence-corrected chi connectivity index (χ0v) is 11.5. The van der Waals surface area contributed by atoms with Crippen molar-refractivity contribution >= 4 is 0 Å². The Bertz CT molecular complexity index is 392. The van der Waals surface area contributed by atoms with Gasteiger partial charge in [-0.2, -0.15) is 0 Å². The number of likely N-dealkylation sites (tertiary alicyclic amines) is 1. The predicted molar refractivity (Wildman–Crippen MR) is 75.1 cm³/mol. The van der Waals surface area contributed by atoms with Crippen molar-refractivity contribution < 1.29 is 4.74 Å². The Kier molecular flexibility index (Phi) is 4.61. The first-order valence-corrected chi connectivity index (χ1v) is 6.86. The number of nitrogens with two attached hydrogens (primary N) is 1. The van der Waals surface area contributed by atoms with Crippen molar-refractivity contribution in [1.29, 1.82) is 0 Å². The molecule has 3 nitrogen and oxygen atoms in total. The molecule has 2 N–H and O–H groups in total. The second-order valence-corrected chi connectivity index (χ2v) is 5.10. The van der Waals surface area contributed by atoms with E-state index in [2.05, 4.69) is 30.0 Å². The molecule has 0 saturated carbocycles. The molecular weight excluding hydrogens is 224 g/mol. The van der Waals surface area contributed by atoms with Crippen molar-refractivity contribution in [2.45, 2.75) is 32.2 Å². The monoisotopic (exact) mass is 248 g/mol. The van der Waals surface area contributed by atoms with Crippen molar-refractivity contribution in [3.63, 3.8) is 0 Å². The molecule has 1 atom stereocenters. The first-order valence-electron chi connectivity index (χ1n) is 6.86. The molecule has 1 aromatic rings. The maximum Gasteiger partial charge on any atom is 0.122 e. The zero-order valence-electron chi connectivity index (χ0n) is 11.5. The van der Waals surface area contributed by atoms with Crippen molar-refractivity contribution in [2.75, 3.05) is 26.7 Å². The van der Waals surface area contributed by atoms with E-state index in [0.29, 0.717) is 6.04 Å². The van der Waals surface area contributed by atoms with Gasteiger partial charge in [0.2, 0.25) is 0 Å². The van der Waals surface area contributed by atoms with Gasteiger partial charge in [0, 0.05) is 19.1 Å². The third-order valence-electron chi connectivity index (χ3n) is 3.75. The summed E-state index contributed by atoms with van der Waals surface area (Å²) in [6, 6.07) is 6.92. The van der Waals surface area contributed by atoms with Gasteiger partial charge >= 0.3 is 0 Å². The normalized spacial score (nSPS) is 20.3. The standard InChI is InChI=1S/C15H24N2O/c1-3-13-10-12(4-5-15(13)18-2)6-8-17-9-7-14(16)11-17/h4-5,10,14H,3,6-9,11,16H2,1-2H3. The molecule has 100 valence electrons. The number of rotatable bonds is 5. The lowest BCUT2D eigenvalue weighted by Crippen LogP contribution is -2.28. The molecule has 0 radical (unpaired) electrons. The largest absolute Gasteiger partial charge is 0.496 e. The van der Waals surface area contributed by atoms with Crippen LogP contribution in [0.5, 0.6) is 5.75 Å². The molecule has 18 heavy (non-hydrogen) atoms. The molecule has 1 fully saturated rings. The van der Waals surface area contributed by atoms with Crippen LogP contribution in [-0.4, -0.2) is 37.7 Å². The van der Waals surface area contributed by atoms with Gasteiger partial charge in [0.15, 0.2) is 0 Å². The average molecular weight is 248 g/mol. The zero-order chi connectivity index (χ0) is 13.0. The average Bonchev–Trinajstić information content (AvgIpc) is 2.81. The third kappa shape index (κ3) is 3.24. The van der Waals surface area contributed by atoms with Crippen LogP contribution in [0.2, 0.25) is 0 Å². The van der Waals surface area contributed by atoms with Crippen molar-refractivity contribution in [1.82, 2.24) is 4.90 Å². The summed E-state index contributed by atoms with van der Waals surface area (Å²) in [4.78, 5) is 2.46. The Hall–Kier alpha value is -1.06. The van der Waals surface area contributed by atoms with E-state index in [1.54, 1.807) is 7.11 Å². The lowest BCUT2D eigenvalue weighted by atomic mass is 10.1. The van der Waals surface area contributed by atoms with Gasteiger partial charge in [-0.15, -0.1) is 0 Å². The van der Waals surface area contributed by atoms with Crippen LogP contribution >= 0.6 is 0 Å². The number of hydrogen-bond acceptors (Lipinski definition) is 3. The summed E-state index contributed by atoms with van der Waals surface area (Å²) < 4.78 is 5.36. The Morgan fingerprint density at radius 2 is 2.28 bits per heavy atom. The van der Waals surface area contributed by atoms with Gasteiger partial charge in [-0.3, -0.25) is 0 Å². The van der Waals surface area contributed by atoms with Crippen LogP contribution in [0.25, 0.3) is 0 Å². The molecule has 0 amide bonds. The Balaban J connectivity index is 1.93. The minimum Gasteiger partial charge on any atom is -0.496 e. The van der Waals surface area contributed by atoms with Gasteiger partial charge in [0.1, 0.15) is 5.75 Å². The lowest BCUT2D eigenvalue weighted by Gasteiger charge is -2.15. The summed E-state index contributed by atoms with van der Waals surface area (Å²) in [6.45, 7) is 5.49. The van der Waals surface area contributed by atoms with E-state index in [0.717, 1.165) is 44.6 Å². The molecule has 0 bridgehead atoms. The summed E-state index contributed by atoms with van der Waals surface area (Å²) in [6.07, 6.45) is 3.26. The minimum atomic E-state index is 0.382. The van der Waals surface area contributed by atoms with Crippen LogP contribution in [0.4, 0.5) is 0 Å². The van der Waals surface area contributed by atoms with Gasteiger partial charge in [-0.1, -0.05) is 19.1 Å². The Labute approximate surface area is 110 Å². The number of aryl methyl sites for hydroxylation is 1. The second-order valence-electron chi connectivity index (χ2n) is 5.10. The van der Waals surface area contributed by atoms with Gasteiger partial charge in [-0.25, -0.2) is 0 Å². The highest BCUT2D eigenvalue weighted by Crippen LogP contribution is 2.21. The van der Waals surface area contributed by atoms with Crippen molar-refractivity contribution in [2.24, 2.45) is 5.73 Å². The number of nitrogens with zero attached hydrogens (tertiary/aromatic N) is 1. The number of methoxy groups -OCH3 is 1. The maximum absolute atomic E-state index is 5.92. The summed E-state index contributed by atoms with van der Waals surface area (Å²) in [5, 5.41) is 0. The van der Waals surface area contributed by atoms with Gasteiger partial charge in [0.05, 0.1) is 7.11 Å². The summed E-state index contributed by atoms with van der Waals surface area (Å²) in [5.41, 5.74) is 8.62. The Morgan fingerprint density at radius 1 is 1.44 bits per heavy atom. The van der Waals surface area contributed by atoms with Gasteiger partial charge in [0.25, 0.3) is 0 Å². The van der Waals surface area contributed by atoms with Crippen LogP contribution in [-0.2, 0) is 12.8 Å². The summed E-state index contributed by atoms with van der Waals surface area (Å²) in [7, 11) is 1.74. The predicted octanol–water partition coefficient (Wildman–Crippen LogP) is 1.83. The van der Waals surface area contributed by atoms with Crippen molar-refractivity contribution in [3.8, 4) is 5.75 Å². The second kappa shape index (κ2) is 6.21. The molecule has 1 saturated heterocycles. The van der Waals surface area contributed by atoms with E-state index in [1.165, 1.54) is 11.1 Å². The molecule has 1 heterocycles. The number of hydrogen-bond donors (Lipinski definition) is 1. The fourth-order valence-corrected chi connectivity index (χ4v) is 2.62. The smallest absolute Gasteiger partial charge is 0.122 e. The molecule has 3 heteroatoms. The van der Waals surface area contributed by atoms with E-state index in [4.69, 9.17) is 10.5 Å². The topological polar surface area (TPSA) is 38.5 Å². The Morgan fingerprint density at radius 3 is 2.89 bits per heavy atom. The SMILES string of the molecule is CCc1cc(CCN2CCC(N)C2)ccc1OC. The lowest BCUT2D eigenvalue weighted by molar-refractivity contribution is 0.339. The van der Waals surface area contributed by atoms with E-state index in [1.807, 2.05) is 0 Å². The molecular formula is C15H24N2O. The number of ether oxygens (including phenoxy) is 1. The van der Waals surface area contributed by atoms with E-state index < -0.39 is 0 Å². The van der Waals surface area contributed by atoms with Crippen LogP contribution in [0, 0.1) is 0 Å². The van der Waals surface area contributed by atoms with E-state index in [-0.39, 0.29) is 0 Å². The summed E-state index contributed by atoms with van der Waals surface area (Å²) in [5.74, 6) is 1.00. The van der Waals surface area contributed by atoms with E-state index in [9.17, 15) is 0 Å². The molecule has 1 unspecified atom stereocenters. The highest BCUT2D eigenvalue weighted by Gasteiger charge is 2.18. The molecule has 0 spiro atoms. The minimum absolute atomic E-state index is 0.382. The quantitative estimate of drug-likeness (QED) is 0.864. The van der Waals surface area contributed by atoms with Crippen LogP contribution in [0.1, 0.15) is 24.5 Å². The maximum atomic E-state index is 5.92. The van der Waals surface area contributed by atoms with Crippen molar-refractivity contribution in [3.05, 3.63) is 29.3 Å². The molecule has 2 rings (SSSR count). The fourth-order valence-electron chi connectivity index (χ4n) is 2.62. The first kappa shape index (κ1) is 13.4. The molecule has 0 aromatic heterocycles. The molecule has 1 aliphatic heterocycles. The van der Waals surface area contributed by atoms with E-state index >= 15 is 0 Å². The third-order valence-corrected chi connectivity index (χ3v) is 3.75. The first-order chi connectivity index (χ1) is 8.72. The molecule has 1 aliphatic rings. The molecule has 0 aliphatic carbocycles. The van der Waals surface area contributed by atoms with Crippen LogP contribution < -0.4 is 10.5 Å². The highest BCUT2D eigenvalue weighted by molar-refractivity contribution is 5.37.